The molecule has 1 aliphatic carbocycles. The van der Waals surface area contributed by atoms with Gasteiger partial charge >= 0.3 is 0 Å². The Morgan fingerprint density at radius 1 is 1.11 bits per heavy atom. The molecule has 2 aliphatic rings. The lowest BCUT2D eigenvalue weighted by atomic mass is 9.83. The number of carbonyl (C=O) groups excluding carboxylic acids is 2. The van der Waals surface area contributed by atoms with Crippen molar-refractivity contribution in [2.75, 3.05) is 19.6 Å². The van der Waals surface area contributed by atoms with Crippen LogP contribution in [0.4, 0.5) is 0 Å². The molecular weight excluding hydrogens is 340 g/mol. The highest BCUT2D eigenvalue weighted by Gasteiger charge is 2.34. The molecule has 144 valence electrons. The lowest BCUT2D eigenvalue weighted by Crippen LogP contribution is -2.53. The maximum atomic E-state index is 12.4. The van der Waals surface area contributed by atoms with Gasteiger partial charge in [-0.1, -0.05) is 37.5 Å². The molecule has 1 aliphatic heterocycles. The molecule has 1 saturated heterocycles. The summed E-state index contributed by atoms with van der Waals surface area (Å²) in [6.45, 7) is 1.86. The van der Waals surface area contributed by atoms with Crippen molar-refractivity contribution in [3.63, 3.8) is 0 Å². The van der Waals surface area contributed by atoms with Crippen LogP contribution in [-0.2, 0) is 4.79 Å². The first-order chi connectivity index (χ1) is 13.1. The van der Waals surface area contributed by atoms with Gasteiger partial charge in [0, 0.05) is 24.7 Å². The molecule has 6 nitrogen and oxygen atoms in total. The molecule has 1 aromatic rings. The number of rotatable bonds is 5. The van der Waals surface area contributed by atoms with Crippen LogP contribution in [0.3, 0.4) is 0 Å². The predicted octanol–water partition coefficient (Wildman–Crippen LogP) is 2.22. The first kappa shape index (κ1) is 19.4. The lowest BCUT2D eigenvalue weighted by molar-refractivity contribution is -0.124. The Kier molecular flexibility index (Phi) is 6.46. The third-order valence-electron chi connectivity index (χ3n) is 5.63. The molecule has 0 unspecified atom stereocenters. The van der Waals surface area contributed by atoms with Crippen molar-refractivity contribution in [1.29, 1.82) is 5.26 Å². The van der Waals surface area contributed by atoms with Gasteiger partial charge in [-0.3, -0.25) is 14.5 Å². The smallest absolute Gasteiger partial charge is 0.251 e. The third kappa shape index (κ3) is 5.30. The van der Waals surface area contributed by atoms with Gasteiger partial charge in [0.1, 0.15) is 5.54 Å². The Bertz CT molecular complexity index is 684. The van der Waals surface area contributed by atoms with Gasteiger partial charge in [0.25, 0.3) is 5.91 Å². The van der Waals surface area contributed by atoms with E-state index in [1.807, 2.05) is 30.3 Å². The minimum Gasteiger partial charge on any atom is -0.349 e. The van der Waals surface area contributed by atoms with Gasteiger partial charge in [-0.15, -0.1) is 0 Å². The Morgan fingerprint density at radius 3 is 2.41 bits per heavy atom. The number of nitrogens with zero attached hydrogens (tertiary/aromatic N) is 2. The number of nitrogens with one attached hydrogen (secondary N) is 2. The van der Waals surface area contributed by atoms with Crippen molar-refractivity contribution in [2.24, 2.45) is 0 Å². The van der Waals surface area contributed by atoms with Crippen molar-refractivity contribution in [2.45, 2.75) is 56.5 Å². The first-order valence-corrected chi connectivity index (χ1v) is 9.91. The average Bonchev–Trinajstić information content (AvgIpc) is 2.70. The lowest BCUT2D eigenvalue weighted by Gasteiger charge is -2.34. The van der Waals surface area contributed by atoms with Gasteiger partial charge in [-0.25, -0.2) is 0 Å². The van der Waals surface area contributed by atoms with Gasteiger partial charge in [-0.2, -0.15) is 5.26 Å². The quantitative estimate of drug-likeness (QED) is 0.835. The fourth-order valence-electron chi connectivity index (χ4n) is 4.02. The minimum atomic E-state index is -0.669. The van der Waals surface area contributed by atoms with E-state index in [9.17, 15) is 14.9 Å². The number of hydrogen-bond donors (Lipinski definition) is 2. The molecule has 0 radical (unpaired) electrons. The normalized spacial score (nSPS) is 20.4. The minimum absolute atomic E-state index is 0.0416. The number of likely N-dealkylation sites (tertiary alicyclic amines) is 1. The van der Waals surface area contributed by atoms with Gasteiger partial charge in [-0.05, 0) is 37.8 Å². The monoisotopic (exact) mass is 368 g/mol. The van der Waals surface area contributed by atoms with Crippen molar-refractivity contribution >= 4 is 11.8 Å². The van der Waals surface area contributed by atoms with Crippen molar-refractivity contribution in [1.82, 2.24) is 15.5 Å². The zero-order chi connectivity index (χ0) is 19.1. The second kappa shape index (κ2) is 9.01. The molecule has 0 aromatic heterocycles. The molecule has 27 heavy (non-hydrogen) atoms. The van der Waals surface area contributed by atoms with Gasteiger partial charge in [0.2, 0.25) is 5.91 Å². The Balaban J connectivity index is 1.42. The summed E-state index contributed by atoms with van der Waals surface area (Å²) in [5.41, 5.74) is 0.00529. The zero-order valence-electron chi connectivity index (χ0n) is 15.7. The van der Waals surface area contributed by atoms with Gasteiger partial charge in [0.15, 0.2) is 0 Å². The molecule has 0 spiro atoms. The highest BCUT2D eigenvalue weighted by molar-refractivity contribution is 5.94. The summed E-state index contributed by atoms with van der Waals surface area (Å²) in [5.74, 6) is -0.106. The largest absolute Gasteiger partial charge is 0.349 e. The van der Waals surface area contributed by atoms with E-state index in [1.165, 1.54) is 0 Å². The Hall–Kier alpha value is -2.39. The molecule has 6 heteroatoms. The molecular formula is C21H28N4O2. The van der Waals surface area contributed by atoms with Crippen molar-refractivity contribution in [3.05, 3.63) is 35.9 Å². The Labute approximate surface area is 160 Å². The summed E-state index contributed by atoms with van der Waals surface area (Å²) in [7, 11) is 0. The average molecular weight is 368 g/mol. The van der Waals surface area contributed by atoms with E-state index >= 15 is 0 Å². The molecule has 1 aromatic carbocycles. The third-order valence-corrected chi connectivity index (χ3v) is 5.63. The Morgan fingerprint density at radius 2 is 1.78 bits per heavy atom. The topological polar surface area (TPSA) is 85.2 Å². The zero-order valence-corrected chi connectivity index (χ0v) is 15.7. The van der Waals surface area contributed by atoms with Crippen LogP contribution in [0.2, 0.25) is 0 Å². The molecule has 2 N–H and O–H groups in total. The number of nitriles is 1. The van der Waals surface area contributed by atoms with Crippen LogP contribution in [0.15, 0.2) is 30.3 Å². The van der Waals surface area contributed by atoms with E-state index in [0.717, 1.165) is 58.0 Å². The van der Waals surface area contributed by atoms with Crippen molar-refractivity contribution in [3.8, 4) is 6.07 Å². The number of amides is 2. The molecule has 1 heterocycles. The van der Waals surface area contributed by atoms with E-state index in [4.69, 9.17) is 0 Å². The van der Waals surface area contributed by atoms with Crippen LogP contribution in [-0.4, -0.2) is 47.9 Å². The highest BCUT2D eigenvalue weighted by atomic mass is 16.2. The van der Waals surface area contributed by atoms with Crippen LogP contribution >= 0.6 is 0 Å². The van der Waals surface area contributed by atoms with E-state index < -0.39 is 5.54 Å². The fraction of sp³-hybridized carbons (Fsp3) is 0.571. The molecule has 2 amide bonds. The number of hydrogen-bond acceptors (Lipinski definition) is 4. The molecule has 2 fully saturated rings. The SMILES string of the molecule is N#CC1(NC(=O)CN2CCC(NC(=O)c3ccccc3)CC2)CCCCC1. The molecule has 1 saturated carbocycles. The summed E-state index contributed by atoms with van der Waals surface area (Å²) in [4.78, 5) is 26.8. The number of piperidine rings is 1. The summed E-state index contributed by atoms with van der Waals surface area (Å²) in [6, 6.07) is 11.7. The van der Waals surface area contributed by atoms with Crippen LogP contribution in [0.25, 0.3) is 0 Å². The first-order valence-electron chi connectivity index (χ1n) is 9.91. The predicted molar refractivity (Wildman–Crippen MR) is 103 cm³/mol. The van der Waals surface area contributed by atoms with E-state index in [0.29, 0.717) is 12.1 Å². The standard InChI is InChI=1S/C21H28N4O2/c22-16-21(11-5-2-6-12-21)24-19(26)15-25-13-9-18(10-14-25)23-20(27)17-7-3-1-4-8-17/h1,3-4,7-8,18H,2,5-6,9-15H2,(H,23,27)(H,24,26). The second-order valence-corrected chi connectivity index (χ2v) is 7.69. The summed E-state index contributed by atoms with van der Waals surface area (Å²) >= 11 is 0. The summed E-state index contributed by atoms with van der Waals surface area (Å²) in [6.07, 6.45) is 6.30. The summed E-state index contributed by atoms with van der Waals surface area (Å²) in [5, 5.41) is 15.6. The maximum Gasteiger partial charge on any atom is 0.251 e. The van der Waals surface area contributed by atoms with Crippen LogP contribution in [0.5, 0.6) is 0 Å². The second-order valence-electron chi connectivity index (χ2n) is 7.69. The van der Waals surface area contributed by atoms with E-state index in [2.05, 4.69) is 21.6 Å². The van der Waals surface area contributed by atoms with Gasteiger partial charge < -0.3 is 10.6 Å². The van der Waals surface area contributed by atoms with Crippen LogP contribution in [0, 0.1) is 11.3 Å². The number of carbonyl (C=O) groups is 2. The fourth-order valence-corrected chi connectivity index (χ4v) is 4.02. The molecule has 0 bridgehead atoms. The maximum absolute atomic E-state index is 12.4. The van der Waals surface area contributed by atoms with E-state index in [1.54, 1.807) is 0 Å². The van der Waals surface area contributed by atoms with Crippen molar-refractivity contribution < 1.29 is 9.59 Å². The van der Waals surface area contributed by atoms with E-state index in [-0.39, 0.29) is 17.9 Å². The van der Waals surface area contributed by atoms with Gasteiger partial charge in [0.05, 0.1) is 12.6 Å². The molecule has 3 rings (SSSR count). The molecule has 0 atom stereocenters. The summed E-state index contributed by atoms with van der Waals surface area (Å²) < 4.78 is 0. The number of benzene rings is 1. The van der Waals surface area contributed by atoms with Crippen LogP contribution < -0.4 is 10.6 Å². The van der Waals surface area contributed by atoms with Crippen LogP contribution in [0.1, 0.15) is 55.3 Å². The highest BCUT2D eigenvalue weighted by Crippen LogP contribution is 2.27.